The third-order valence-electron chi connectivity index (χ3n) is 5.23. The van der Waals surface area contributed by atoms with Crippen molar-refractivity contribution in [1.82, 2.24) is 4.90 Å². The van der Waals surface area contributed by atoms with Crippen molar-refractivity contribution in [3.8, 4) is 17.2 Å². The molecule has 1 aliphatic rings. The lowest BCUT2D eigenvalue weighted by molar-refractivity contribution is -0.123. The second kappa shape index (κ2) is 12.9. The van der Waals surface area contributed by atoms with Crippen molar-refractivity contribution in [2.24, 2.45) is 0 Å². The average Bonchev–Trinajstić information content (AvgIpc) is 3.13. The quantitative estimate of drug-likeness (QED) is 0.163. The van der Waals surface area contributed by atoms with Gasteiger partial charge in [0.1, 0.15) is 19.0 Å². The third-order valence-corrected chi connectivity index (χ3v) is 7.56. The molecular formula is C27H22Cl2INO5S. The van der Waals surface area contributed by atoms with Gasteiger partial charge in [-0.15, -0.1) is 0 Å². The smallest absolute Gasteiger partial charge is 0.293 e. The van der Waals surface area contributed by atoms with Crippen LogP contribution >= 0.6 is 57.6 Å². The minimum Gasteiger partial charge on any atom is -0.492 e. The number of carbonyl (C=O) groups excluding carboxylic acids is 2. The molecule has 0 aromatic heterocycles. The first-order valence-electron chi connectivity index (χ1n) is 11.3. The summed E-state index contributed by atoms with van der Waals surface area (Å²) in [6.45, 7) is 2.92. The van der Waals surface area contributed by atoms with E-state index in [0.29, 0.717) is 38.8 Å². The summed E-state index contributed by atoms with van der Waals surface area (Å²) in [5.41, 5.74) is 1.58. The number of hydrogen-bond acceptors (Lipinski definition) is 6. The van der Waals surface area contributed by atoms with Crippen molar-refractivity contribution in [2.75, 3.05) is 19.8 Å². The number of ether oxygens (including phenoxy) is 3. The van der Waals surface area contributed by atoms with Gasteiger partial charge in [-0.25, -0.2) is 0 Å². The van der Waals surface area contributed by atoms with Crippen molar-refractivity contribution in [2.45, 2.75) is 13.5 Å². The van der Waals surface area contributed by atoms with Crippen LogP contribution in [0.4, 0.5) is 4.79 Å². The molecule has 2 amide bonds. The molecule has 3 aromatic carbocycles. The molecule has 0 N–H and O–H groups in total. The normalized spacial score (nSPS) is 14.4. The van der Waals surface area contributed by atoms with Gasteiger partial charge in [-0.2, -0.15) is 0 Å². The maximum absolute atomic E-state index is 12.9. The van der Waals surface area contributed by atoms with Crippen LogP contribution < -0.4 is 14.2 Å². The molecule has 192 valence electrons. The van der Waals surface area contributed by atoms with Gasteiger partial charge in [0.15, 0.2) is 11.5 Å². The van der Waals surface area contributed by atoms with Crippen molar-refractivity contribution >= 4 is 74.8 Å². The van der Waals surface area contributed by atoms with Crippen molar-refractivity contribution in [3.63, 3.8) is 0 Å². The average molecular weight is 670 g/mol. The summed E-state index contributed by atoms with van der Waals surface area (Å²) < 4.78 is 18.3. The standard InChI is InChI=1S/C27H22Cl2INO5S/c1-2-34-23-14-17(13-22(30)25(23)36-16-18-5-3-4-6-21(18)29)15-24-26(32)31(27(33)37-24)11-12-35-20-9-7-19(28)8-10-20/h3-10,13-15H,2,11-12,16H2,1H3/b24-15-. The second-order valence-corrected chi connectivity index (χ2v) is 10.8. The van der Waals surface area contributed by atoms with Crippen LogP contribution in [0.3, 0.4) is 0 Å². The highest BCUT2D eigenvalue weighted by molar-refractivity contribution is 14.1. The number of nitrogens with zero attached hydrogens (tertiary/aromatic N) is 1. The largest absolute Gasteiger partial charge is 0.492 e. The van der Waals surface area contributed by atoms with Gasteiger partial charge in [0.25, 0.3) is 11.1 Å². The minimum absolute atomic E-state index is 0.140. The monoisotopic (exact) mass is 669 g/mol. The number of halogens is 3. The summed E-state index contributed by atoms with van der Waals surface area (Å²) in [6, 6.07) is 18.0. The Labute approximate surface area is 243 Å². The molecule has 1 aliphatic heterocycles. The molecule has 10 heteroatoms. The maximum Gasteiger partial charge on any atom is 0.293 e. The molecule has 0 saturated carbocycles. The van der Waals surface area contributed by atoms with E-state index in [0.717, 1.165) is 26.5 Å². The molecule has 6 nitrogen and oxygen atoms in total. The third kappa shape index (κ3) is 7.13. The van der Waals surface area contributed by atoms with Gasteiger partial charge in [0.05, 0.1) is 21.6 Å². The number of hydrogen-bond donors (Lipinski definition) is 0. The lowest BCUT2D eigenvalue weighted by Crippen LogP contribution is -2.32. The van der Waals surface area contributed by atoms with Crippen LogP contribution in [0, 0.1) is 3.57 Å². The molecule has 1 fully saturated rings. The van der Waals surface area contributed by atoms with Crippen LogP contribution in [-0.4, -0.2) is 35.8 Å². The van der Waals surface area contributed by atoms with Crippen LogP contribution in [0.25, 0.3) is 6.08 Å². The Hall–Kier alpha value is -2.40. The van der Waals surface area contributed by atoms with E-state index >= 15 is 0 Å². The molecule has 0 unspecified atom stereocenters. The highest BCUT2D eigenvalue weighted by Crippen LogP contribution is 2.38. The van der Waals surface area contributed by atoms with Crippen LogP contribution in [0.1, 0.15) is 18.1 Å². The molecule has 3 aromatic rings. The molecular weight excluding hydrogens is 648 g/mol. The zero-order valence-corrected chi connectivity index (χ0v) is 24.2. The van der Waals surface area contributed by atoms with Gasteiger partial charge in [-0.1, -0.05) is 41.4 Å². The molecule has 0 bridgehead atoms. The van der Waals surface area contributed by atoms with E-state index in [1.165, 1.54) is 4.90 Å². The number of benzene rings is 3. The molecule has 0 radical (unpaired) electrons. The number of amides is 2. The SMILES string of the molecule is CCOc1cc(/C=C2\SC(=O)N(CCOc3ccc(Cl)cc3)C2=O)cc(I)c1OCc1ccccc1Cl. The minimum atomic E-state index is -0.360. The van der Waals surface area contributed by atoms with E-state index in [4.69, 9.17) is 37.4 Å². The fourth-order valence-electron chi connectivity index (χ4n) is 3.47. The fourth-order valence-corrected chi connectivity index (χ4v) is 5.43. The van der Waals surface area contributed by atoms with Gasteiger partial charge in [0, 0.05) is 15.6 Å². The van der Waals surface area contributed by atoms with Crippen LogP contribution in [-0.2, 0) is 11.4 Å². The van der Waals surface area contributed by atoms with Gasteiger partial charge < -0.3 is 14.2 Å². The second-order valence-electron chi connectivity index (χ2n) is 7.78. The number of thioether (sulfide) groups is 1. The van der Waals surface area contributed by atoms with E-state index in [2.05, 4.69) is 22.6 Å². The van der Waals surface area contributed by atoms with Crippen molar-refractivity contribution < 1.29 is 23.8 Å². The summed E-state index contributed by atoms with van der Waals surface area (Å²) in [7, 11) is 0. The Bertz CT molecular complexity index is 1330. The van der Waals surface area contributed by atoms with Gasteiger partial charge >= 0.3 is 0 Å². The Balaban J connectivity index is 1.46. The molecule has 0 aliphatic carbocycles. The first kappa shape index (κ1) is 27.6. The molecule has 37 heavy (non-hydrogen) atoms. The van der Waals surface area contributed by atoms with E-state index < -0.39 is 0 Å². The summed E-state index contributed by atoms with van der Waals surface area (Å²) >= 11 is 15.2. The first-order chi connectivity index (χ1) is 17.9. The van der Waals surface area contributed by atoms with Crippen molar-refractivity contribution in [3.05, 3.63) is 90.3 Å². The van der Waals surface area contributed by atoms with E-state index in [1.54, 1.807) is 36.4 Å². The molecule has 0 atom stereocenters. The summed E-state index contributed by atoms with van der Waals surface area (Å²) in [5, 5.41) is 0.891. The topological polar surface area (TPSA) is 65.1 Å². The molecule has 0 spiro atoms. The molecule has 4 rings (SSSR count). The van der Waals surface area contributed by atoms with Crippen LogP contribution in [0.5, 0.6) is 17.2 Å². The molecule has 1 heterocycles. The van der Waals surface area contributed by atoms with E-state index in [-0.39, 0.29) is 30.9 Å². The Kier molecular flexibility index (Phi) is 9.64. The van der Waals surface area contributed by atoms with Gasteiger partial charge in [-0.3, -0.25) is 14.5 Å². The Morgan fingerprint density at radius 1 is 1.00 bits per heavy atom. The summed E-state index contributed by atoms with van der Waals surface area (Å²) in [6.07, 6.45) is 1.69. The highest BCUT2D eigenvalue weighted by Gasteiger charge is 2.35. The van der Waals surface area contributed by atoms with E-state index in [1.807, 2.05) is 37.3 Å². The van der Waals surface area contributed by atoms with Crippen LogP contribution in [0.15, 0.2) is 65.6 Å². The van der Waals surface area contributed by atoms with Crippen molar-refractivity contribution in [1.29, 1.82) is 0 Å². The van der Waals surface area contributed by atoms with Gasteiger partial charge in [-0.05, 0) is 95.4 Å². The zero-order chi connectivity index (χ0) is 26.4. The van der Waals surface area contributed by atoms with Gasteiger partial charge in [0.2, 0.25) is 0 Å². The van der Waals surface area contributed by atoms with Crippen LogP contribution in [0.2, 0.25) is 10.0 Å². The summed E-state index contributed by atoms with van der Waals surface area (Å²) in [4.78, 5) is 27.0. The Morgan fingerprint density at radius 3 is 2.49 bits per heavy atom. The maximum atomic E-state index is 12.9. The molecule has 1 saturated heterocycles. The number of rotatable bonds is 10. The predicted octanol–water partition coefficient (Wildman–Crippen LogP) is 7.69. The zero-order valence-electron chi connectivity index (χ0n) is 19.7. The lowest BCUT2D eigenvalue weighted by atomic mass is 10.1. The summed E-state index contributed by atoms with van der Waals surface area (Å²) in [5.74, 6) is 1.39. The number of imide groups is 1. The highest BCUT2D eigenvalue weighted by atomic mass is 127. The predicted molar refractivity (Wildman–Crippen MR) is 156 cm³/mol. The lowest BCUT2D eigenvalue weighted by Gasteiger charge is -2.15. The number of carbonyl (C=O) groups is 2. The fraction of sp³-hybridized carbons (Fsp3) is 0.185. The van der Waals surface area contributed by atoms with E-state index in [9.17, 15) is 9.59 Å². The first-order valence-corrected chi connectivity index (χ1v) is 14.0. The Morgan fingerprint density at radius 2 is 1.76 bits per heavy atom.